The van der Waals surface area contributed by atoms with Gasteiger partial charge in [0.05, 0.1) is 0 Å². The molecule has 7 nitrogen and oxygen atoms in total. The second-order valence-corrected chi connectivity index (χ2v) is 6.71. The second-order valence-electron chi connectivity index (χ2n) is 5.27. The second kappa shape index (κ2) is 7.11. The zero-order valence-corrected chi connectivity index (χ0v) is 14.9. The minimum absolute atomic E-state index is 0.172. The first-order valence-electron chi connectivity index (χ1n) is 7.58. The number of ether oxygens (including phenoxy) is 1. The summed E-state index contributed by atoms with van der Waals surface area (Å²) in [6.07, 6.45) is 0. The summed E-state index contributed by atoms with van der Waals surface area (Å²) in [4.78, 5) is 0. The minimum Gasteiger partial charge on any atom is -0.484 e. The van der Waals surface area contributed by atoms with Crippen LogP contribution in [0.25, 0.3) is 22.0 Å². The number of halogens is 1. The molecule has 0 spiro atoms. The van der Waals surface area contributed by atoms with Crippen LogP contribution in [-0.4, -0.2) is 20.4 Å². The van der Waals surface area contributed by atoms with Crippen LogP contribution in [0.1, 0.15) is 5.89 Å². The molecular formula is C17H12ClN5O2S. The summed E-state index contributed by atoms with van der Waals surface area (Å²) in [5.74, 6) is 1.48. The highest BCUT2D eigenvalue weighted by Crippen LogP contribution is 2.27. The van der Waals surface area contributed by atoms with Crippen LogP contribution in [-0.2, 0) is 6.61 Å². The minimum atomic E-state index is 0.172. The average molecular weight is 386 g/mol. The van der Waals surface area contributed by atoms with E-state index in [0.717, 1.165) is 16.1 Å². The fourth-order valence-electron chi connectivity index (χ4n) is 2.21. The predicted molar refractivity (Wildman–Crippen MR) is 98.8 cm³/mol. The van der Waals surface area contributed by atoms with Gasteiger partial charge in [0, 0.05) is 16.1 Å². The molecule has 9 heteroatoms. The highest BCUT2D eigenvalue weighted by atomic mass is 35.5. The van der Waals surface area contributed by atoms with E-state index in [0.29, 0.717) is 27.7 Å². The molecule has 0 saturated heterocycles. The summed E-state index contributed by atoms with van der Waals surface area (Å²) in [7, 11) is 0. The Morgan fingerprint density at radius 2 is 1.65 bits per heavy atom. The van der Waals surface area contributed by atoms with Gasteiger partial charge in [0.2, 0.25) is 11.0 Å². The molecule has 4 aromatic rings. The number of anilines is 1. The molecule has 26 heavy (non-hydrogen) atoms. The monoisotopic (exact) mass is 385 g/mol. The maximum atomic E-state index is 5.87. The molecule has 2 aromatic heterocycles. The topological polar surface area (TPSA) is 100.0 Å². The van der Waals surface area contributed by atoms with Gasteiger partial charge >= 0.3 is 0 Å². The number of hydrogen-bond acceptors (Lipinski definition) is 8. The van der Waals surface area contributed by atoms with Crippen LogP contribution < -0.4 is 10.5 Å². The number of nitrogens with zero attached hydrogens (tertiary/aromatic N) is 4. The third-order valence-corrected chi connectivity index (χ3v) is 4.52. The summed E-state index contributed by atoms with van der Waals surface area (Å²) in [5.41, 5.74) is 7.32. The molecule has 0 unspecified atom stereocenters. The molecule has 2 heterocycles. The summed E-state index contributed by atoms with van der Waals surface area (Å²) in [6, 6.07) is 14.6. The van der Waals surface area contributed by atoms with Crippen molar-refractivity contribution >= 4 is 28.1 Å². The summed E-state index contributed by atoms with van der Waals surface area (Å²) < 4.78 is 11.3. The molecule has 0 aliphatic carbocycles. The van der Waals surface area contributed by atoms with Crippen LogP contribution in [0.4, 0.5) is 5.13 Å². The van der Waals surface area contributed by atoms with Gasteiger partial charge in [-0.15, -0.1) is 20.4 Å². The first-order valence-corrected chi connectivity index (χ1v) is 8.77. The van der Waals surface area contributed by atoms with Crippen LogP contribution in [0.5, 0.6) is 5.75 Å². The highest BCUT2D eigenvalue weighted by Gasteiger charge is 2.10. The summed E-state index contributed by atoms with van der Waals surface area (Å²) in [5, 5.41) is 17.7. The molecule has 4 rings (SSSR count). The number of aromatic nitrogens is 4. The zero-order chi connectivity index (χ0) is 17.9. The standard InChI is InChI=1S/C17H12ClN5O2S/c18-12-5-1-10(2-6-12)15-21-20-14(25-15)9-24-13-7-3-11(4-8-13)16-22-23-17(19)26-16/h1-8H,9H2,(H2,19,23). The van der Waals surface area contributed by atoms with Crippen LogP contribution in [0.3, 0.4) is 0 Å². The Morgan fingerprint density at radius 1 is 0.923 bits per heavy atom. The number of nitrogen functional groups attached to an aromatic ring is 1. The van der Waals surface area contributed by atoms with E-state index in [2.05, 4.69) is 20.4 Å². The lowest BCUT2D eigenvalue weighted by Crippen LogP contribution is -1.95. The van der Waals surface area contributed by atoms with Crippen LogP contribution in [0.2, 0.25) is 5.02 Å². The Kier molecular flexibility index (Phi) is 4.51. The first-order chi connectivity index (χ1) is 12.7. The molecule has 130 valence electrons. The SMILES string of the molecule is Nc1nnc(-c2ccc(OCc3nnc(-c4ccc(Cl)cc4)o3)cc2)s1. The Balaban J connectivity index is 1.40. The van der Waals surface area contributed by atoms with Crippen LogP contribution in [0.15, 0.2) is 52.9 Å². The van der Waals surface area contributed by atoms with Crippen molar-refractivity contribution < 1.29 is 9.15 Å². The van der Waals surface area contributed by atoms with Gasteiger partial charge < -0.3 is 14.9 Å². The van der Waals surface area contributed by atoms with E-state index < -0.39 is 0 Å². The van der Waals surface area contributed by atoms with E-state index in [1.165, 1.54) is 11.3 Å². The van der Waals surface area contributed by atoms with E-state index >= 15 is 0 Å². The van der Waals surface area contributed by atoms with Gasteiger partial charge in [0.15, 0.2) is 6.61 Å². The summed E-state index contributed by atoms with van der Waals surface area (Å²) >= 11 is 7.21. The Bertz CT molecular complexity index is 1010. The van der Waals surface area contributed by atoms with Crippen LogP contribution >= 0.6 is 22.9 Å². The Morgan fingerprint density at radius 3 is 2.35 bits per heavy atom. The first kappa shape index (κ1) is 16.5. The molecule has 0 fully saturated rings. The van der Waals surface area contributed by atoms with Gasteiger partial charge in [0.1, 0.15) is 10.8 Å². The molecule has 0 aliphatic rings. The molecule has 0 bridgehead atoms. The normalized spacial score (nSPS) is 10.8. The van der Waals surface area contributed by atoms with E-state index in [4.69, 9.17) is 26.5 Å². The molecule has 0 atom stereocenters. The molecule has 0 radical (unpaired) electrons. The zero-order valence-electron chi connectivity index (χ0n) is 13.3. The van der Waals surface area contributed by atoms with Gasteiger partial charge in [-0.2, -0.15) is 0 Å². The lowest BCUT2D eigenvalue weighted by atomic mass is 10.2. The third-order valence-electron chi connectivity index (χ3n) is 3.46. The van der Waals surface area contributed by atoms with Crippen molar-refractivity contribution in [3.63, 3.8) is 0 Å². The maximum absolute atomic E-state index is 5.87. The van der Waals surface area contributed by atoms with E-state index in [9.17, 15) is 0 Å². The van der Waals surface area contributed by atoms with Gasteiger partial charge in [-0.3, -0.25) is 0 Å². The van der Waals surface area contributed by atoms with Gasteiger partial charge in [-0.05, 0) is 48.5 Å². The lowest BCUT2D eigenvalue weighted by Gasteiger charge is -2.03. The van der Waals surface area contributed by atoms with Crippen molar-refractivity contribution in [1.29, 1.82) is 0 Å². The summed E-state index contributed by atoms with van der Waals surface area (Å²) in [6.45, 7) is 0.172. The molecule has 0 saturated carbocycles. The highest BCUT2D eigenvalue weighted by molar-refractivity contribution is 7.18. The fraction of sp³-hybridized carbons (Fsp3) is 0.0588. The van der Waals surface area contributed by atoms with E-state index in [1.807, 2.05) is 36.4 Å². The molecule has 2 aromatic carbocycles. The predicted octanol–water partition coefficient (Wildman–Crippen LogP) is 4.07. The van der Waals surface area contributed by atoms with E-state index in [-0.39, 0.29) is 6.61 Å². The fourth-order valence-corrected chi connectivity index (χ4v) is 2.95. The van der Waals surface area contributed by atoms with E-state index in [1.54, 1.807) is 12.1 Å². The lowest BCUT2D eigenvalue weighted by molar-refractivity contribution is 0.264. The van der Waals surface area contributed by atoms with Gasteiger partial charge in [0.25, 0.3) is 5.89 Å². The molecular weight excluding hydrogens is 374 g/mol. The Labute approximate surface area is 157 Å². The van der Waals surface area contributed by atoms with Crippen molar-refractivity contribution in [2.24, 2.45) is 0 Å². The smallest absolute Gasteiger partial charge is 0.254 e. The third kappa shape index (κ3) is 3.66. The molecule has 2 N–H and O–H groups in total. The number of hydrogen-bond donors (Lipinski definition) is 1. The molecule has 0 amide bonds. The van der Waals surface area contributed by atoms with Crippen molar-refractivity contribution in [3.05, 3.63) is 59.4 Å². The molecule has 0 aliphatic heterocycles. The Hall–Kier alpha value is -2.97. The number of benzene rings is 2. The number of rotatable bonds is 5. The number of nitrogens with two attached hydrogens (primary N) is 1. The van der Waals surface area contributed by atoms with Crippen molar-refractivity contribution in [1.82, 2.24) is 20.4 Å². The average Bonchev–Trinajstić information content (AvgIpc) is 3.30. The van der Waals surface area contributed by atoms with Gasteiger partial charge in [-0.1, -0.05) is 22.9 Å². The largest absolute Gasteiger partial charge is 0.484 e. The van der Waals surface area contributed by atoms with Gasteiger partial charge in [-0.25, -0.2) is 0 Å². The quantitative estimate of drug-likeness (QED) is 0.552. The van der Waals surface area contributed by atoms with Crippen molar-refractivity contribution in [2.45, 2.75) is 6.61 Å². The van der Waals surface area contributed by atoms with Crippen molar-refractivity contribution in [2.75, 3.05) is 5.73 Å². The van der Waals surface area contributed by atoms with Crippen molar-refractivity contribution in [3.8, 4) is 27.8 Å². The maximum Gasteiger partial charge on any atom is 0.254 e. The van der Waals surface area contributed by atoms with Crippen LogP contribution in [0, 0.1) is 0 Å².